The summed E-state index contributed by atoms with van der Waals surface area (Å²) >= 11 is 0. The molecule has 0 aromatic heterocycles. The van der Waals surface area contributed by atoms with Crippen LogP contribution in [-0.2, 0) is 0 Å². The molecule has 1 saturated heterocycles. The van der Waals surface area contributed by atoms with Crippen molar-refractivity contribution in [3.8, 4) is 5.75 Å². The number of ether oxygens (including phenoxy) is 1. The highest BCUT2D eigenvalue weighted by Gasteiger charge is 2.32. The third-order valence-corrected chi connectivity index (χ3v) is 6.28. The molecule has 1 N–H and O–H groups in total. The fourth-order valence-corrected chi connectivity index (χ4v) is 4.29. The predicted octanol–water partition coefficient (Wildman–Crippen LogP) is 5.12. The fraction of sp³-hybridized carbons (Fsp3) is 0.478. The maximum absolute atomic E-state index is 12.6. The molecule has 0 amide bonds. The van der Waals surface area contributed by atoms with E-state index in [-0.39, 0.29) is 11.8 Å². The van der Waals surface area contributed by atoms with Crippen molar-refractivity contribution >= 4 is 0 Å². The van der Waals surface area contributed by atoms with Crippen molar-refractivity contribution in [2.24, 2.45) is 0 Å². The second-order valence-electron chi connectivity index (χ2n) is 7.84. The van der Waals surface area contributed by atoms with E-state index in [9.17, 15) is 13.2 Å². The molecule has 1 fully saturated rings. The van der Waals surface area contributed by atoms with Gasteiger partial charge in [-0.2, -0.15) is 0 Å². The first-order valence-corrected chi connectivity index (χ1v) is 9.97. The molecule has 1 heterocycles. The summed E-state index contributed by atoms with van der Waals surface area (Å²) in [4.78, 5) is 2.42. The lowest BCUT2D eigenvalue weighted by Crippen LogP contribution is -2.45. The van der Waals surface area contributed by atoms with E-state index in [1.54, 1.807) is 12.1 Å². The van der Waals surface area contributed by atoms with Crippen LogP contribution in [0, 0.1) is 34.6 Å². The third-order valence-electron chi connectivity index (χ3n) is 6.28. The number of alkyl halides is 3. The number of nitrogens with one attached hydrogen (secondary N) is 1. The first-order valence-electron chi connectivity index (χ1n) is 9.97. The van der Waals surface area contributed by atoms with E-state index >= 15 is 0 Å². The first-order chi connectivity index (χ1) is 13.6. The number of rotatable bonds is 4. The molecule has 1 aliphatic heterocycles. The summed E-state index contributed by atoms with van der Waals surface area (Å²) in [6, 6.07) is 6.34. The molecule has 158 valence electrons. The third kappa shape index (κ3) is 4.59. The lowest BCUT2D eigenvalue weighted by molar-refractivity contribution is -0.274. The maximum Gasteiger partial charge on any atom is 0.573 e. The van der Waals surface area contributed by atoms with Crippen LogP contribution in [0.4, 0.5) is 13.2 Å². The van der Waals surface area contributed by atoms with Crippen LogP contribution < -0.4 is 10.1 Å². The minimum Gasteiger partial charge on any atom is -0.406 e. The summed E-state index contributed by atoms with van der Waals surface area (Å²) in [7, 11) is 0. The smallest absolute Gasteiger partial charge is 0.406 e. The summed E-state index contributed by atoms with van der Waals surface area (Å²) in [5.41, 5.74) is 8.61. The molecular formula is C23H29F3N2O. The summed E-state index contributed by atoms with van der Waals surface area (Å²) in [5, 5.41) is 3.38. The molecule has 3 rings (SSSR count). The molecular weight excluding hydrogens is 377 g/mol. The number of piperazine rings is 1. The van der Waals surface area contributed by atoms with Crippen LogP contribution in [0.1, 0.15) is 45.0 Å². The SMILES string of the molecule is Cc1c(C)c(C)c([C@@H](c2ccc(OC(F)(F)F)cc2)N2CCNCC2)c(C)c1C. The zero-order valence-electron chi connectivity index (χ0n) is 17.7. The van der Waals surface area contributed by atoms with E-state index in [4.69, 9.17) is 0 Å². The number of hydrogen-bond acceptors (Lipinski definition) is 3. The first kappa shape index (κ1) is 21.7. The monoisotopic (exact) mass is 406 g/mol. The van der Waals surface area contributed by atoms with E-state index in [0.717, 1.165) is 31.7 Å². The molecule has 0 aliphatic carbocycles. The van der Waals surface area contributed by atoms with Gasteiger partial charge in [-0.15, -0.1) is 13.2 Å². The van der Waals surface area contributed by atoms with Gasteiger partial charge in [0, 0.05) is 26.2 Å². The molecule has 29 heavy (non-hydrogen) atoms. The highest BCUT2D eigenvalue weighted by Crippen LogP contribution is 2.38. The molecule has 3 nitrogen and oxygen atoms in total. The topological polar surface area (TPSA) is 24.5 Å². The molecule has 1 atom stereocenters. The van der Waals surface area contributed by atoms with E-state index in [0.29, 0.717) is 0 Å². The second kappa shape index (κ2) is 8.36. The fourth-order valence-electron chi connectivity index (χ4n) is 4.29. The quantitative estimate of drug-likeness (QED) is 0.763. The predicted molar refractivity (Wildman–Crippen MR) is 110 cm³/mol. The van der Waals surface area contributed by atoms with E-state index < -0.39 is 6.36 Å². The molecule has 0 spiro atoms. The van der Waals surface area contributed by atoms with Gasteiger partial charge in [-0.3, -0.25) is 4.90 Å². The van der Waals surface area contributed by atoms with Crippen molar-refractivity contribution in [1.82, 2.24) is 10.2 Å². The van der Waals surface area contributed by atoms with Gasteiger partial charge in [0.15, 0.2) is 0 Å². The van der Waals surface area contributed by atoms with Crippen LogP contribution in [0.5, 0.6) is 5.75 Å². The van der Waals surface area contributed by atoms with Crippen molar-refractivity contribution in [3.05, 3.63) is 63.2 Å². The average molecular weight is 406 g/mol. The van der Waals surface area contributed by atoms with Crippen LogP contribution >= 0.6 is 0 Å². The Morgan fingerprint density at radius 2 is 1.31 bits per heavy atom. The molecule has 2 aromatic carbocycles. The van der Waals surface area contributed by atoms with E-state index in [2.05, 4.69) is 49.6 Å². The lowest BCUT2D eigenvalue weighted by atomic mass is 9.83. The molecule has 1 aliphatic rings. The Morgan fingerprint density at radius 1 is 0.828 bits per heavy atom. The molecule has 0 radical (unpaired) electrons. The summed E-state index contributed by atoms with van der Waals surface area (Å²) < 4.78 is 41.7. The Hall–Kier alpha value is -2.05. The average Bonchev–Trinajstić information content (AvgIpc) is 2.68. The van der Waals surface area contributed by atoms with Crippen molar-refractivity contribution in [2.75, 3.05) is 26.2 Å². The van der Waals surface area contributed by atoms with Crippen molar-refractivity contribution in [2.45, 2.75) is 47.0 Å². The molecule has 0 bridgehead atoms. The molecule has 0 unspecified atom stereocenters. The zero-order chi connectivity index (χ0) is 21.3. The Kier molecular flexibility index (Phi) is 6.24. The van der Waals surface area contributed by atoms with Gasteiger partial charge in [-0.25, -0.2) is 0 Å². The zero-order valence-corrected chi connectivity index (χ0v) is 17.7. The molecule has 0 saturated carbocycles. The van der Waals surface area contributed by atoms with Gasteiger partial charge >= 0.3 is 6.36 Å². The van der Waals surface area contributed by atoms with Gasteiger partial charge in [0.25, 0.3) is 0 Å². The minimum atomic E-state index is -4.68. The van der Waals surface area contributed by atoms with E-state index in [1.165, 1.54) is 45.5 Å². The minimum absolute atomic E-state index is 0.00460. The summed E-state index contributed by atoms with van der Waals surface area (Å²) in [6.07, 6.45) is -4.68. The van der Waals surface area contributed by atoms with Gasteiger partial charge in [-0.05, 0) is 85.7 Å². The maximum atomic E-state index is 12.6. The van der Waals surface area contributed by atoms with E-state index in [1.807, 2.05) is 0 Å². The van der Waals surface area contributed by atoms with Crippen molar-refractivity contribution < 1.29 is 17.9 Å². The van der Waals surface area contributed by atoms with Gasteiger partial charge in [0.2, 0.25) is 0 Å². The van der Waals surface area contributed by atoms with Crippen LogP contribution in [0.25, 0.3) is 0 Å². The van der Waals surface area contributed by atoms with Crippen LogP contribution in [0.2, 0.25) is 0 Å². The Bertz CT molecular complexity index is 840. The largest absolute Gasteiger partial charge is 0.573 e. The number of halogens is 3. The van der Waals surface area contributed by atoms with Gasteiger partial charge in [-0.1, -0.05) is 12.1 Å². The lowest BCUT2D eigenvalue weighted by Gasteiger charge is -2.38. The van der Waals surface area contributed by atoms with Crippen LogP contribution in [-0.4, -0.2) is 37.4 Å². The Labute approximate surface area is 170 Å². The standard InChI is InChI=1S/C23H29F3N2O/c1-14-15(2)17(4)21(18(5)16(14)3)22(28-12-10-27-11-13-28)19-6-8-20(9-7-19)29-23(24,25)26/h6-9,22,27H,10-13H2,1-5H3/t22-/m1/s1. The van der Waals surface area contributed by atoms with Gasteiger partial charge < -0.3 is 10.1 Å². The second-order valence-corrected chi connectivity index (χ2v) is 7.84. The number of benzene rings is 2. The Morgan fingerprint density at radius 3 is 1.79 bits per heavy atom. The highest BCUT2D eigenvalue weighted by atomic mass is 19.4. The van der Waals surface area contributed by atoms with Crippen LogP contribution in [0.15, 0.2) is 24.3 Å². The number of hydrogen-bond donors (Lipinski definition) is 1. The van der Waals surface area contributed by atoms with Crippen molar-refractivity contribution in [1.29, 1.82) is 0 Å². The normalized spacial score (nSPS) is 16.7. The van der Waals surface area contributed by atoms with Gasteiger partial charge in [0.1, 0.15) is 5.75 Å². The molecule has 6 heteroatoms. The number of nitrogens with zero attached hydrogens (tertiary/aromatic N) is 1. The highest BCUT2D eigenvalue weighted by molar-refractivity contribution is 5.53. The summed E-state index contributed by atoms with van der Waals surface area (Å²) in [6.45, 7) is 14.3. The van der Waals surface area contributed by atoms with Crippen molar-refractivity contribution in [3.63, 3.8) is 0 Å². The van der Waals surface area contributed by atoms with Gasteiger partial charge in [0.05, 0.1) is 6.04 Å². The molecule has 2 aromatic rings. The van der Waals surface area contributed by atoms with Crippen LogP contribution in [0.3, 0.4) is 0 Å². The Balaban J connectivity index is 2.10. The summed E-state index contributed by atoms with van der Waals surface area (Å²) in [5.74, 6) is -0.190.